The fourth-order valence-corrected chi connectivity index (χ4v) is 6.10. The molecule has 0 radical (unpaired) electrons. The second-order valence-corrected chi connectivity index (χ2v) is 10.3. The number of fused-ring (bicyclic) bond motifs is 1. The Hall–Kier alpha value is -2.15. The first-order valence-corrected chi connectivity index (χ1v) is 12.4. The van der Waals surface area contributed by atoms with Crippen LogP contribution in [-0.2, 0) is 7.05 Å². The van der Waals surface area contributed by atoms with Gasteiger partial charge < -0.3 is 0 Å². The van der Waals surface area contributed by atoms with Crippen molar-refractivity contribution in [1.29, 1.82) is 0 Å². The average Bonchev–Trinajstić information content (AvgIpc) is 3.53. The Morgan fingerprint density at radius 3 is 2.29 bits per heavy atom. The average molecular weight is 415 g/mol. The largest absolute Gasteiger partial charge is 0.220 e. The van der Waals surface area contributed by atoms with Crippen LogP contribution >= 0.6 is 0 Å². The highest BCUT2D eigenvalue weighted by Crippen LogP contribution is 2.43. The lowest BCUT2D eigenvalue weighted by atomic mass is 9.83. The summed E-state index contributed by atoms with van der Waals surface area (Å²) in [6.45, 7) is 6.69. The predicted molar refractivity (Wildman–Crippen MR) is 132 cm³/mol. The summed E-state index contributed by atoms with van der Waals surface area (Å²) in [4.78, 5) is 0. The molecule has 0 N–H and O–H groups in total. The summed E-state index contributed by atoms with van der Waals surface area (Å²) in [5.41, 5.74) is 8.05. The summed E-state index contributed by atoms with van der Waals surface area (Å²) in [5, 5.41) is 2.01. The van der Waals surface area contributed by atoms with Gasteiger partial charge >= 0.3 is 0 Å². The van der Waals surface area contributed by atoms with Crippen LogP contribution in [0.1, 0.15) is 108 Å². The summed E-state index contributed by atoms with van der Waals surface area (Å²) < 4.78 is 19.5. The van der Waals surface area contributed by atoms with Crippen LogP contribution in [0.2, 0.25) is 0 Å². The van der Waals surface area contributed by atoms with E-state index in [1.807, 2.05) is 11.6 Å². The Kier molecular flexibility index (Phi) is 5.00. The quantitative estimate of drug-likeness (QED) is 0.380. The zero-order chi connectivity index (χ0) is 23.3. The van der Waals surface area contributed by atoms with Gasteiger partial charge in [0, 0.05) is 6.04 Å². The zero-order valence-electron chi connectivity index (χ0n) is 21.7. The summed E-state index contributed by atoms with van der Waals surface area (Å²) in [5.74, 6) is 1.74. The molecule has 0 amide bonds. The molecule has 1 heteroatoms. The third-order valence-corrected chi connectivity index (χ3v) is 8.01. The molecule has 5 rings (SSSR count). The molecule has 3 aromatic rings. The minimum absolute atomic E-state index is 0.298. The zero-order valence-corrected chi connectivity index (χ0v) is 19.7. The van der Waals surface area contributed by atoms with Gasteiger partial charge in [0.15, 0.2) is 6.17 Å². The molecular weight excluding hydrogens is 374 g/mol. The topological polar surface area (TPSA) is 3.88 Å². The van der Waals surface area contributed by atoms with Gasteiger partial charge in [0.1, 0.15) is 8.42 Å². The van der Waals surface area contributed by atoms with E-state index in [9.17, 15) is 0 Å². The van der Waals surface area contributed by atoms with E-state index in [0.29, 0.717) is 30.0 Å². The third kappa shape index (κ3) is 3.81. The molecule has 1 heterocycles. The first-order valence-electron chi connectivity index (χ1n) is 13.4. The highest BCUT2D eigenvalue weighted by Gasteiger charge is 2.27. The molecule has 2 aromatic carbocycles. The van der Waals surface area contributed by atoms with Crippen molar-refractivity contribution in [3.05, 3.63) is 64.8 Å². The lowest BCUT2D eigenvalue weighted by Crippen LogP contribution is -2.31. The van der Waals surface area contributed by atoms with E-state index in [0.717, 1.165) is 16.5 Å². The van der Waals surface area contributed by atoms with Gasteiger partial charge in [-0.25, -0.2) is 4.57 Å². The molecule has 0 bridgehead atoms. The molecule has 0 spiro atoms. The van der Waals surface area contributed by atoms with E-state index in [1.54, 1.807) is 5.56 Å². The van der Waals surface area contributed by atoms with E-state index < -0.39 is 0 Å². The van der Waals surface area contributed by atoms with Crippen molar-refractivity contribution in [3.63, 3.8) is 0 Å². The minimum atomic E-state index is 0.298. The van der Waals surface area contributed by atoms with Crippen molar-refractivity contribution in [2.24, 2.45) is 7.05 Å². The van der Waals surface area contributed by atoms with Crippen LogP contribution in [0.25, 0.3) is 22.0 Å². The van der Waals surface area contributed by atoms with E-state index in [1.165, 1.54) is 73.6 Å². The molecule has 162 valence electrons. The second kappa shape index (κ2) is 8.41. The van der Waals surface area contributed by atoms with Crippen molar-refractivity contribution >= 4 is 10.8 Å². The Balaban J connectivity index is 1.80. The number of aromatic nitrogens is 1. The molecule has 2 aliphatic carbocycles. The van der Waals surface area contributed by atoms with Gasteiger partial charge in [-0.05, 0) is 90.1 Å². The molecule has 2 saturated carbocycles. The Bertz CT molecular complexity index is 1200. The maximum Gasteiger partial charge on any atom is 0.220 e. The van der Waals surface area contributed by atoms with Crippen LogP contribution in [0.4, 0.5) is 0 Å². The van der Waals surface area contributed by atoms with Crippen LogP contribution in [0.3, 0.4) is 0 Å². The molecular formula is C30H38N+. The highest BCUT2D eigenvalue weighted by molar-refractivity contribution is 5.94. The number of hydrogen-bond acceptors (Lipinski definition) is 0. The van der Waals surface area contributed by atoms with Crippen LogP contribution in [0.5, 0.6) is 0 Å². The van der Waals surface area contributed by atoms with Crippen molar-refractivity contribution in [3.8, 4) is 11.3 Å². The van der Waals surface area contributed by atoms with Gasteiger partial charge in [0.05, 0.1) is 12.3 Å². The fraction of sp³-hybridized carbons (Fsp3) is 0.500. The number of pyridine rings is 1. The predicted octanol–water partition coefficient (Wildman–Crippen LogP) is 8.08. The highest BCUT2D eigenvalue weighted by atomic mass is 14.9. The number of nitrogens with zero attached hydrogens (tertiary/aromatic N) is 1. The lowest BCUT2D eigenvalue weighted by molar-refractivity contribution is -0.659. The molecule has 0 saturated heterocycles. The number of benzene rings is 2. The van der Waals surface area contributed by atoms with Crippen LogP contribution < -0.4 is 4.57 Å². The van der Waals surface area contributed by atoms with E-state index >= 15 is 0 Å². The molecule has 0 atom stereocenters. The van der Waals surface area contributed by atoms with Crippen molar-refractivity contribution in [1.82, 2.24) is 0 Å². The molecule has 0 unspecified atom stereocenters. The molecule has 2 aliphatic rings. The monoisotopic (exact) mass is 414 g/mol. The van der Waals surface area contributed by atoms with Crippen LogP contribution in [-0.4, -0.2) is 0 Å². The van der Waals surface area contributed by atoms with Gasteiger partial charge in [0.25, 0.3) is 0 Å². The molecule has 0 aliphatic heterocycles. The number of hydrogen-bond donors (Lipinski definition) is 0. The summed E-state index contributed by atoms with van der Waals surface area (Å²) >= 11 is 0. The Morgan fingerprint density at radius 2 is 1.61 bits per heavy atom. The number of rotatable bonds is 4. The lowest BCUT2D eigenvalue weighted by Gasteiger charge is -2.21. The maximum atomic E-state index is 8.78. The Morgan fingerprint density at radius 1 is 0.935 bits per heavy atom. The molecule has 31 heavy (non-hydrogen) atoms. The second-order valence-electron chi connectivity index (χ2n) is 10.3. The smallest absolute Gasteiger partial charge is 0.200 e. The van der Waals surface area contributed by atoms with Crippen LogP contribution in [0.15, 0.2) is 42.5 Å². The van der Waals surface area contributed by atoms with Crippen molar-refractivity contribution in [2.75, 3.05) is 0 Å². The molecule has 1 nitrogen and oxygen atoms in total. The normalized spacial score (nSPS) is 18.9. The fourth-order valence-electron chi connectivity index (χ4n) is 6.10. The Labute approximate surface area is 191 Å². The SMILES string of the molecule is [2H]c1c([2H])[n+](C)c(-c2cc(C3CCCC3)cc(C3CCCC3)c2C)c2ccc(C(C)C)cc12. The van der Waals surface area contributed by atoms with Crippen molar-refractivity contribution < 1.29 is 7.31 Å². The molecule has 2 fully saturated rings. The summed E-state index contributed by atoms with van der Waals surface area (Å²) in [6, 6.07) is 11.9. The standard InChI is InChI=1S/C30H38N/c1-20(2)24-13-14-27-25(17-24)15-16-31(4)30(27)29-19-26(22-9-5-6-10-22)18-28(21(29)3)23-11-7-8-12-23/h13-20,22-23H,5-12H2,1-4H3/q+1/i15D,16D. The van der Waals surface area contributed by atoms with E-state index in [-0.39, 0.29) is 0 Å². The minimum Gasteiger partial charge on any atom is -0.200 e. The van der Waals surface area contributed by atoms with Gasteiger partial charge in [0.2, 0.25) is 5.69 Å². The van der Waals surface area contributed by atoms with Gasteiger partial charge in [-0.15, -0.1) is 0 Å². The molecule has 1 aromatic heterocycles. The maximum absolute atomic E-state index is 8.78. The van der Waals surface area contributed by atoms with Gasteiger partial charge in [-0.2, -0.15) is 0 Å². The third-order valence-electron chi connectivity index (χ3n) is 8.01. The van der Waals surface area contributed by atoms with Crippen LogP contribution in [0, 0.1) is 6.92 Å². The summed E-state index contributed by atoms with van der Waals surface area (Å²) in [7, 11) is 1.97. The van der Waals surface area contributed by atoms with E-state index in [4.69, 9.17) is 2.74 Å². The van der Waals surface area contributed by atoms with Crippen molar-refractivity contribution in [2.45, 2.75) is 89.9 Å². The van der Waals surface area contributed by atoms with E-state index in [2.05, 4.69) is 51.1 Å². The summed E-state index contributed by atoms with van der Waals surface area (Å²) in [6.07, 6.45) is 10.9. The first-order chi connectivity index (χ1) is 15.9. The first kappa shape index (κ1) is 18.4. The van der Waals surface area contributed by atoms with Gasteiger partial charge in [-0.1, -0.05) is 57.7 Å². The van der Waals surface area contributed by atoms with Gasteiger partial charge in [-0.3, -0.25) is 0 Å².